The molecule has 1 aliphatic rings. The number of nitrogens with zero attached hydrogens (tertiary/aromatic N) is 3. The zero-order valence-corrected chi connectivity index (χ0v) is 14.1. The summed E-state index contributed by atoms with van der Waals surface area (Å²) in [6.07, 6.45) is 6.49. The fraction of sp³-hybridized carbons (Fsp3) is 0.474. The van der Waals surface area contributed by atoms with E-state index in [-0.39, 0.29) is 0 Å². The Balaban J connectivity index is 1.84. The monoisotopic (exact) mass is 310 g/mol. The summed E-state index contributed by atoms with van der Waals surface area (Å²) in [6.45, 7) is 5.01. The minimum Gasteiger partial charge on any atom is -0.367 e. The first-order valence-electron chi connectivity index (χ1n) is 8.71. The Morgan fingerprint density at radius 3 is 2.52 bits per heavy atom. The van der Waals surface area contributed by atoms with Gasteiger partial charge >= 0.3 is 0 Å². The summed E-state index contributed by atoms with van der Waals surface area (Å²) in [5, 5.41) is 3.61. The third-order valence-corrected chi connectivity index (χ3v) is 4.43. The number of benzene rings is 1. The second-order valence-corrected chi connectivity index (χ2v) is 6.25. The van der Waals surface area contributed by atoms with Gasteiger partial charge in [-0.05, 0) is 38.8 Å². The van der Waals surface area contributed by atoms with Crippen molar-refractivity contribution in [1.29, 1.82) is 0 Å². The van der Waals surface area contributed by atoms with Gasteiger partial charge in [-0.15, -0.1) is 0 Å². The van der Waals surface area contributed by atoms with Crippen LogP contribution < -0.4 is 10.2 Å². The van der Waals surface area contributed by atoms with Gasteiger partial charge in [0.15, 0.2) is 0 Å². The summed E-state index contributed by atoms with van der Waals surface area (Å²) in [5.74, 6) is 1.73. The quantitative estimate of drug-likeness (QED) is 0.870. The van der Waals surface area contributed by atoms with Crippen molar-refractivity contribution in [3.05, 3.63) is 42.1 Å². The number of nitrogens with one attached hydrogen (secondary N) is 1. The maximum atomic E-state index is 4.78. The van der Waals surface area contributed by atoms with Crippen molar-refractivity contribution in [3.8, 4) is 0 Å². The molecule has 1 aromatic carbocycles. The van der Waals surface area contributed by atoms with E-state index in [1.54, 1.807) is 0 Å². The topological polar surface area (TPSA) is 41.1 Å². The zero-order chi connectivity index (χ0) is 16.1. The van der Waals surface area contributed by atoms with Crippen molar-refractivity contribution in [1.82, 2.24) is 9.97 Å². The lowest BCUT2D eigenvalue weighted by molar-refractivity contribution is 0.462. The van der Waals surface area contributed by atoms with Crippen LogP contribution in [0.3, 0.4) is 0 Å². The first-order valence-corrected chi connectivity index (χ1v) is 8.71. The molecule has 0 radical (unpaired) electrons. The number of para-hydroxylation sites is 1. The molecular weight excluding hydrogens is 284 g/mol. The highest BCUT2D eigenvalue weighted by atomic mass is 15.3. The molecule has 1 aromatic heterocycles. The maximum Gasteiger partial charge on any atom is 0.232 e. The standard InChI is InChI=1S/C19H26N4/c1-3-23(17-12-8-5-9-13-17)19-20-15(2)14-18(22-19)21-16-10-6-4-7-11-16/h5,8-9,12-14,16H,3-4,6-7,10-11H2,1-2H3,(H,20,21,22). The molecule has 3 rings (SSSR count). The van der Waals surface area contributed by atoms with Crippen molar-refractivity contribution in [2.45, 2.75) is 52.0 Å². The number of rotatable bonds is 5. The molecule has 1 N–H and O–H groups in total. The maximum absolute atomic E-state index is 4.78. The molecule has 0 saturated heterocycles. The molecule has 0 atom stereocenters. The van der Waals surface area contributed by atoms with Gasteiger partial charge in [0.05, 0.1) is 0 Å². The fourth-order valence-corrected chi connectivity index (χ4v) is 3.25. The molecule has 0 bridgehead atoms. The van der Waals surface area contributed by atoms with Crippen LogP contribution in [0.5, 0.6) is 0 Å². The van der Waals surface area contributed by atoms with E-state index in [0.717, 1.165) is 29.7 Å². The average Bonchev–Trinajstić information content (AvgIpc) is 2.57. The van der Waals surface area contributed by atoms with Gasteiger partial charge in [-0.1, -0.05) is 37.5 Å². The van der Waals surface area contributed by atoms with Crippen molar-refractivity contribution >= 4 is 17.5 Å². The number of aromatic nitrogens is 2. The molecule has 2 aromatic rings. The van der Waals surface area contributed by atoms with Gasteiger partial charge < -0.3 is 10.2 Å². The molecule has 122 valence electrons. The Kier molecular flexibility index (Phi) is 5.11. The Bertz CT molecular complexity index is 621. The molecule has 1 heterocycles. The molecule has 1 fully saturated rings. The van der Waals surface area contributed by atoms with Crippen LogP contribution >= 0.6 is 0 Å². The molecule has 1 aliphatic carbocycles. The van der Waals surface area contributed by atoms with E-state index in [1.807, 2.05) is 13.0 Å². The number of anilines is 3. The number of aryl methyl sites for hydroxylation is 1. The first kappa shape index (κ1) is 15.8. The third-order valence-electron chi connectivity index (χ3n) is 4.43. The molecule has 23 heavy (non-hydrogen) atoms. The normalized spacial score (nSPS) is 15.4. The van der Waals surface area contributed by atoms with Crippen LogP contribution in [0.2, 0.25) is 0 Å². The lowest BCUT2D eigenvalue weighted by Gasteiger charge is -2.25. The summed E-state index contributed by atoms with van der Waals surface area (Å²) in [4.78, 5) is 11.6. The van der Waals surface area contributed by atoms with Crippen LogP contribution in [0.4, 0.5) is 17.5 Å². The second kappa shape index (κ2) is 7.44. The van der Waals surface area contributed by atoms with Gasteiger partial charge in [0.25, 0.3) is 0 Å². The van der Waals surface area contributed by atoms with Crippen molar-refractivity contribution in [2.75, 3.05) is 16.8 Å². The first-order chi connectivity index (χ1) is 11.3. The number of hydrogen-bond donors (Lipinski definition) is 1. The van der Waals surface area contributed by atoms with Crippen LogP contribution in [0.1, 0.15) is 44.7 Å². The van der Waals surface area contributed by atoms with Gasteiger partial charge in [0, 0.05) is 30.0 Å². The third kappa shape index (κ3) is 4.01. The van der Waals surface area contributed by atoms with Crippen LogP contribution in [-0.4, -0.2) is 22.6 Å². The Labute approximate surface area is 139 Å². The second-order valence-electron chi connectivity index (χ2n) is 6.25. The van der Waals surface area contributed by atoms with Gasteiger partial charge in [0.2, 0.25) is 5.95 Å². The van der Waals surface area contributed by atoms with Gasteiger partial charge in [-0.25, -0.2) is 4.98 Å². The molecule has 1 saturated carbocycles. The summed E-state index contributed by atoms with van der Waals surface area (Å²) < 4.78 is 0. The fourth-order valence-electron chi connectivity index (χ4n) is 3.25. The Morgan fingerprint density at radius 2 is 1.83 bits per heavy atom. The minimum atomic E-state index is 0.553. The highest BCUT2D eigenvalue weighted by molar-refractivity contribution is 5.58. The molecule has 4 nitrogen and oxygen atoms in total. The molecule has 0 amide bonds. The Morgan fingerprint density at radius 1 is 1.09 bits per heavy atom. The van der Waals surface area contributed by atoms with E-state index in [9.17, 15) is 0 Å². The molecule has 0 aliphatic heterocycles. The predicted octanol–water partition coefficient (Wildman–Crippen LogP) is 4.69. The SMILES string of the molecule is CCN(c1ccccc1)c1nc(C)cc(NC2CCCCC2)n1. The van der Waals surface area contributed by atoms with Gasteiger partial charge in [-0.2, -0.15) is 4.98 Å². The zero-order valence-electron chi connectivity index (χ0n) is 14.1. The van der Waals surface area contributed by atoms with Crippen LogP contribution in [0.15, 0.2) is 36.4 Å². The van der Waals surface area contributed by atoms with Crippen molar-refractivity contribution in [3.63, 3.8) is 0 Å². The van der Waals surface area contributed by atoms with E-state index >= 15 is 0 Å². The van der Waals surface area contributed by atoms with Crippen LogP contribution in [0.25, 0.3) is 0 Å². The lowest BCUT2D eigenvalue weighted by Crippen LogP contribution is -2.24. The van der Waals surface area contributed by atoms with E-state index < -0.39 is 0 Å². The average molecular weight is 310 g/mol. The van der Waals surface area contributed by atoms with Crippen molar-refractivity contribution in [2.24, 2.45) is 0 Å². The van der Waals surface area contributed by atoms with E-state index in [4.69, 9.17) is 4.98 Å². The number of hydrogen-bond acceptors (Lipinski definition) is 4. The summed E-state index contributed by atoms with van der Waals surface area (Å²) in [6, 6.07) is 12.9. The van der Waals surface area contributed by atoms with Crippen molar-refractivity contribution < 1.29 is 0 Å². The minimum absolute atomic E-state index is 0.553. The van der Waals surface area contributed by atoms with Crippen LogP contribution in [0, 0.1) is 6.92 Å². The highest BCUT2D eigenvalue weighted by Gasteiger charge is 2.16. The summed E-state index contributed by atoms with van der Waals surface area (Å²) in [5.41, 5.74) is 2.13. The molecule has 4 heteroatoms. The summed E-state index contributed by atoms with van der Waals surface area (Å²) in [7, 11) is 0. The van der Waals surface area contributed by atoms with E-state index in [0.29, 0.717) is 6.04 Å². The largest absolute Gasteiger partial charge is 0.367 e. The molecule has 0 unspecified atom stereocenters. The van der Waals surface area contributed by atoms with Crippen LogP contribution in [-0.2, 0) is 0 Å². The van der Waals surface area contributed by atoms with Gasteiger partial charge in [0.1, 0.15) is 5.82 Å². The molecular formula is C19H26N4. The van der Waals surface area contributed by atoms with Gasteiger partial charge in [-0.3, -0.25) is 0 Å². The van der Waals surface area contributed by atoms with E-state index in [1.165, 1.54) is 32.1 Å². The summed E-state index contributed by atoms with van der Waals surface area (Å²) >= 11 is 0. The highest BCUT2D eigenvalue weighted by Crippen LogP contribution is 2.25. The Hall–Kier alpha value is -2.10. The molecule has 0 spiro atoms. The predicted molar refractivity (Wildman–Crippen MR) is 96.4 cm³/mol. The smallest absolute Gasteiger partial charge is 0.232 e. The van der Waals surface area contributed by atoms with E-state index in [2.05, 4.69) is 52.5 Å². The lowest BCUT2D eigenvalue weighted by atomic mass is 9.95.